The topological polar surface area (TPSA) is 111 Å². The third kappa shape index (κ3) is 4.53. The van der Waals surface area contributed by atoms with Gasteiger partial charge in [0, 0.05) is 36.7 Å². The number of aromatic carboxylic acids is 1. The van der Waals surface area contributed by atoms with Gasteiger partial charge in [-0.3, -0.25) is 4.68 Å². The summed E-state index contributed by atoms with van der Waals surface area (Å²) in [4.78, 5) is 27.7. The summed E-state index contributed by atoms with van der Waals surface area (Å²) in [6.45, 7) is 2.32. The van der Waals surface area contributed by atoms with Crippen molar-refractivity contribution < 1.29 is 37.4 Å². The minimum absolute atomic E-state index is 0.0410. The third-order valence-corrected chi connectivity index (χ3v) is 6.98. The average molecular weight is 533 g/mol. The molecule has 3 N–H and O–H groups in total. The van der Waals surface area contributed by atoms with Crippen molar-refractivity contribution in [3.8, 4) is 0 Å². The number of anilines is 2. The van der Waals surface area contributed by atoms with E-state index in [1.54, 1.807) is 22.7 Å². The Morgan fingerprint density at radius 1 is 1.08 bits per heavy atom. The molecule has 0 radical (unpaired) electrons. The fourth-order valence-electron chi connectivity index (χ4n) is 5.09. The number of aliphatic hydroxyl groups is 1. The van der Waals surface area contributed by atoms with E-state index in [-0.39, 0.29) is 36.8 Å². The normalized spacial score (nSPS) is 20.9. The number of hydrogen-bond donors (Lipinski definition) is 3. The number of aliphatic hydroxyl groups excluding tert-OH is 1. The number of carboxylic acids is 1. The molecule has 0 saturated carbocycles. The van der Waals surface area contributed by atoms with Gasteiger partial charge in [0.2, 0.25) is 0 Å². The molecule has 200 valence electrons. The summed E-state index contributed by atoms with van der Waals surface area (Å²) in [6.07, 6.45) is 0.744. The number of rotatable bonds is 4. The van der Waals surface area contributed by atoms with E-state index in [4.69, 9.17) is 0 Å². The van der Waals surface area contributed by atoms with E-state index >= 15 is 0 Å². The van der Waals surface area contributed by atoms with Gasteiger partial charge in [-0.15, -0.1) is 0 Å². The molecule has 0 bridgehead atoms. The van der Waals surface area contributed by atoms with E-state index < -0.39 is 47.4 Å². The summed E-state index contributed by atoms with van der Waals surface area (Å²) in [6, 6.07) is 3.87. The van der Waals surface area contributed by atoms with E-state index in [1.807, 2.05) is 0 Å². The minimum atomic E-state index is -1.64. The fraction of sp³-hybridized carbons (Fsp3) is 0.320. The summed E-state index contributed by atoms with van der Waals surface area (Å²) < 4.78 is 55.8. The first-order valence-corrected chi connectivity index (χ1v) is 11.8. The van der Waals surface area contributed by atoms with E-state index in [1.165, 1.54) is 17.0 Å². The molecule has 2 aliphatic heterocycles. The number of benzene rings is 2. The number of carbonyl (C=O) groups is 2. The van der Waals surface area contributed by atoms with Crippen LogP contribution in [0.1, 0.15) is 40.9 Å². The smallest absolute Gasteiger partial charge is 0.336 e. The molecule has 13 heteroatoms. The number of carboxylic acid groups (broad SMARTS) is 1. The third-order valence-electron chi connectivity index (χ3n) is 6.98. The van der Waals surface area contributed by atoms with Crippen molar-refractivity contribution in [1.29, 1.82) is 0 Å². The second-order valence-electron chi connectivity index (χ2n) is 9.42. The maximum absolute atomic E-state index is 13.7. The molecule has 1 fully saturated rings. The second-order valence-corrected chi connectivity index (χ2v) is 9.42. The number of nitrogens with zero attached hydrogens (tertiary/aromatic N) is 4. The van der Waals surface area contributed by atoms with Crippen LogP contribution >= 0.6 is 0 Å². The number of amides is 2. The zero-order chi connectivity index (χ0) is 27.3. The molecule has 2 amide bonds. The molecule has 2 aliphatic rings. The Labute approximate surface area is 213 Å². The molecular formula is C25H23F4N5O4. The molecule has 1 saturated heterocycles. The van der Waals surface area contributed by atoms with Crippen LogP contribution in [0.2, 0.25) is 0 Å². The number of urea groups is 1. The van der Waals surface area contributed by atoms with Gasteiger partial charge in [0.15, 0.2) is 17.5 Å². The van der Waals surface area contributed by atoms with E-state index in [0.29, 0.717) is 35.6 Å². The highest BCUT2D eigenvalue weighted by Gasteiger charge is 2.38. The molecular weight excluding hydrogens is 510 g/mol. The van der Waals surface area contributed by atoms with Gasteiger partial charge < -0.3 is 25.3 Å². The molecule has 1 aromatic heterocycles. The molecule has 9 nitrogen and oxygen atoms in total. The van der Waals surface area contributed by atoms with Crippen LogP contribution in [-0.2, 0) is 13.1 Å². The Morgan fingerprint density at radius 2 is 1.79 bits per heavy atom. The lowest BCUT2D eigenvalue weighted by Crippen LogP contribution is -2.47. The van der Waals surface area contributed by atoms with Crippen molar-refractivity contribution in [2.75, 3.05) is 16.8 Å². The summed E-state index contributed by atoms with van der Waals surface area (Å²) in [5.74, 6) is -6.86. The molecule has 3 atom stereocenters. The SMILES string of the molecule is C[C@H]1Cn2ncc(N3CC(c4ccc(F)cc4C(=O)O)CC3O)c2CN1C(=O)Nc1cc(F)c(F)c(F)c1. The molecule has 38 heavy (non-hydrogen) atoms. The largest absolute Gasteiger partial charge is 0.478 e. The number of carbonyl (C=O) groups excluding carboxylic acids is 1. The predicted octanol–water partition coefficient (Wildman–Crippen LogP) is 3.89. The second kappa shape index (κ2) is 9.63. The van der Waals surface area contributed by atoms with Gasteiger partial charge in [0.05, 0.1) is 42.3 Å². The predicted molar refractivity (Wildman–Crippen MR) is 127 cm³/mol. The summed E-state index contributed by atoms with van der Waals surface area (Å²) in [7, 11) is 0. The van der Waals surface area contributed by atoms with Crippen molar-refractivity contribution in [1.82, 2.24) is 14.7 Å². The van der Waals surface area contributed by atoms with Gasteiger partial charge in [-0.2, -0.15) is 5.10 Å². The number of hydrogen-bond acceptors (Lipinski definition) is 5. The van der Waals surface area contributed by atoms with Crippen LogP contribution in [0.5, 0.6) is 0 Å². The van der Waals surface area contributed by atoms with Crippen LogP contribution in [-0.4, -0.2) is 55.7 Å². The van der Waals surface area contributed by atoms with Gasteiger partial charge in [0.25, 0.3) is 0 Å². The van der Waals surface area contributed by atoms with Crippen molar-refractivity contribution in [3.05, 3.63) is 76.6 Å². The average Bonchev–Trinajstić information content (AvgIpc) is 3.44. The Balaban J connectivity index is 1.37. The molecule has 0 aliphatic carbocycles. The van der Waals surface area contributed by atoms with Crippen LogP contribution < -0.4 is 10.2 Å². The first-order chi connectivity index (χ1) is 18.0. The van der Waals surface area contributed by atoms with Crippen molar-refractivity contribution in [3.63, 3.8) is 0 Å². The number of aromatic nitrogens is 2. The van der Waals surface area contributed by atoms with E-state index in [0.717, 1.165) is 6.07 Å². The first kappa shape index (κ1) is 25.5. The number of fused-ring (bicyclic) bond motifs is 1. The van der Waals surface area contributed by atoms with Crippen LogP contribution in [0, 0.1) is 23.3 Å². The zero-order valence-electron chi connectivity index (χ0n) is 20.0. The van der Waals surface area contributed by atoms with Crippen molar-refractivity contribution >= 4 is 23.4 Å². The first-order valence-electron chi connectivity index (χ1n) is 11.8. The fourth-order valence-corrected chi connectivity index (χ4v) is 5.09. The Bertz CT molecular complexity index is 1410. The molecule has 3 heterocycles. The highest BCUT2D eigenvalue weighted by Crippen LogP contribution is 2.38. The van der Waals surface area contributed by atoms with Crippen LogP contribution in [0.25, 0.3) is 0 Å². The van der Waals surface area contributed by atoms with Gasteiger partial charge in [0.1, 0.15) is 12.0 Å². The van der Waals surface area contributed by atoms with Gasteiger partial charge in [-0.1, -0.05) is 6.07 Å². The maximum Gasteiger partial charge on any atom is 0.336 e. The Kier molecular flexibility index (Phi) is 6.47. The molecule has 2 aromatic carbocycles. The summed E-state index contributed by atoms with van der Waals surface area (Å²) in [5, 5.41) is 27.1. The monoisotopic (exact) mass is 533 g/mol. The summed E-state index contributed by atoms with van der Waals surface area (Å²) in [5.41, 5.74) is 1.10. The van der Waals surface area contributed by atoms with E-state index in [9.17, 15) is 37.4 Å². The molecule has 0 spiro atoms. The Hall–Kier alpha value is -4.13. The van der Waals surface area contributed by atoms with Crippen LogP contribution in [0.3, 0.4) is 0 Å². The zero-order valence-corrected chi connectivity index (χ0v) is 20.0. The van der Waals surface area contributed by atoms with Crippen LogP contribution in [0.15, 0.2) is 36.5 Å². The highest BCUT2D eigenvalue weighted by atomic mass is 19.2. The van der Waals surface area contributed by atoms with Crippen molar-refractivity contribution in [2.45, 2.75) is 44.6 Å². The number of nitrogens with one attached hydrogen (secondary N) is 1. The van der Waals surface area contributed by atoms with Gasteiger partial charge in [-0.25, -0.2) is 27.2 Å². The molecule has 3 aromatic rings. The maximum atomic E-state index is 13.7. The van der Waals surface area contributed by atoms with Gasteiger partial charge in [-0.05, 0) is 24.6 Å². The van der Waals surface area contributed by atoms with Crippen molar-refractivity contribution in [2.24, 2.45) is 0 Å². The lowest BCUT2D eigenvalue weighted by Gasteiger charge is -2.35. The van der Waals surface area contributed by atoms with Crippen LogP contribution in [0.4, 0.5) is 33.7 Å². The lowest BCUT2D eigenvalue weighted by atomic mass is 9.93. The quantitative estimate of drug-likeness (QED) is 0.347. The standard InChI is InChI=1S/C25H23F4N5O4/c1-12-9-34-21(11-32(12)25(38)31-15-6-18(27)23(29)19(28)7-15)20(8-30-34)33-10-13(4-22(33)35)16-3-2-14(26)5-17(16)24(36)37/h2-3,5-8,12-13,22,35H,4,9-11H2,1H3,(H,31,38)(H,36,37)/t12-,13?,22?/m0/s1. The van der Waals surface area contributed by atoms with Gasteiger partial charge >= 0.3 is 12.0 Å². The number of halogens is 4. The summed E-state index contributed by atoms with van der Waals surface area (Å²) >= 11 is 0. The molecule has 2 unspecified atom stereocenters. The lowest BCUT2D eigenvalue weighted by molar-refractivity contribution is 0.0694. The minimum Gasteiger partial charge on any atom is -0.478 e. The highest BCUT2D eigenvalue weighted by molar-refractivity contribution is 5.90. The Morgan fingerprint density at radius 3 is 2.47 bits per heavy atom. The molecule has 5 rings (SSSR count). The van der Waals surface area contributed by atoms with E-state index in [2.05, 4.69) is 10.4 Å².